The van der Waals surface area contributed by atoms with Crippen LogP contribution in [0.4, 0.5) is 23.1 Å². The monoisotopic (exact) mass is 573 g/mol. The molecule has 1 aliphatic heterocycles. The van der Waals surface area contributed by atoms with Crippen molar-refractivity contribution in [2.75, 3.05) is 15.5 Å². The predicted octanol–water partition coefficient (Wildman–Crippen LogP) is 5.43. The Kier molecular flexibility index (Phi) is 6.04. The summed E-state index contributed by atoms with van der Waals surface area (Å²) in [4.78, 5) is 40.9. The highest BCUT2D eigenvalue weighted by Crippen LogP contribution is 2.39. The number of nitrogens with zero attached hydrogens (tertiary/aromatic N) is 6. The van der Waals surface area contributed by atoms with Gasteiger partial charge in [0.15, 0.2) is 5.82 Å². The maximum absolute atomic E-state index is 13.7. The van der Waals surface area contributed by atoms with Crippen molar-refractivity contribution in [2.24, 2.45) is 7.05 Å². The van der Waals surface area contributed by atoms with Crippen molar-refractivity contribution in [3.8, 4) is 11.3 Å². The van der Waals surface area contributed by atoms with Crippen molar-refractivity contribution in [1.29, 1.82) is 0 Å². The van der Waals surface area contributed by atoms with E-state index in [0.29, 0.717) is 40.9 Å². The second-order valence-electron chi connectivity index (χ2n) is 10.5. The molecule has 0 aliphatic carbocycles. The third kappa shape index (κ3) is 4.40. The summed E-state index contributed by atoms with van der Waals surface area (Å²) < 4.78 is 6.82. The molecule has 4 aromatic heterocycles. The van der Waals surface area contributed by atoms with Crippen molar-refractivity contribution in [3.63, 3.8) is 0 Å². The van der Waals surface area contributed by atoms with E-state index in [1.807, 2.05) is 51.4 Å². The quantitative estimate of drug-likeness (QED) is 0.239. The van der Waals surface area contributed by atoms with Crippen LogP contribution >= 0.6 is 0 Å². The van der Waals surface area contributed by atoms with E-state index in [4.69, 9.17) is 9.51 Å². The third-order valence-corrected chi connectivity index (χ3v) is 7.78. The van der Waals surface area contributed by atoms with Gasteiger partial charge in [0.05, 0.1) is 29.6 Å². The van der Waals surface area contributed by atoms with E-state index in [1.54, 1.807) is 40.9 Å². The molecule has 0 unspecified atom stereocenters. The summed E-state index contributed by atoms with van der Waals surface area (Å²) >= 11 is 0. The number of hydrogen-bond acceptors (Lipinski definition) is 8. The van der Waals surface area contributed by atoms with E-state index in [-0.39, 0.29) is 11.8 Å². The molecule has 7 rings (SSSR count). The SMILES string of the molecule is Cc1cnc(Nc2cc(C)n(C)n2)nc1-c1c[nH]c2c(N3Cc4c(NC(=O)c5cnoc5C)cccc4C3=O)cccc12. The second-order valence-corrected chi connectivity index (χ2v) is 10.5. The van der Waals surface area contributed by atoms with E-state index in [2.05, 4.69) is 30.9 Å². The lowest BCUT2D eigenvalue weighted by Gasteiger charge is -2.17. The molecule has 0 fully saturated rings. The lowest BCUT2D eigenvalue weighted by molar-refractivity contribution is 0.0994. The Bertz CT molecular complexity index is 2050. The van der Waals surface area contributed by atoms with Gasteiger partial charge in [-0.1, -0.05) is 23.4 Å². The van der Waals surface area contributed by atoms with Gasteiger partial charge in [-0.2, -0.15) is 5.10 Å². The molecule has 0 saturated carbocycles. The van der Waals surface area contributed by atoms with E-state index in [0.717, 1.165) is 44.7 Å². The van der Waals surface area contributed by atoms with Crippen LogP contribution in [0.3, 0.4) is 0 Å². The normalized spacial score (nSPS) is 12.7. The number of carbonyl (C=O) groups is 2. The Hall–Kier alpha value is -5.78. The topological polar surface area (TPSA) is 147 Å². The van der Waals surface area contributed by atoms with Crippen LogP contribution in [0.1, 0.15) is 43.3 Å². The molecule has 12 heteroatoms. The molecule has 5 heterocycles. The first-order valence-electron chi connectivity index (χ1n) is 13.7. The first-order valence-corrected chi connectivity index (χ1v) is 13.7. The molecule has 0 bridgehead atoms. The van der Waals surface area contributed by atoms with Crippen molar-refractivity contribution >= 4 is 45.9 Å². The highest BCUT2D eigenvalue weighted by atomic mass is 16.5. The molecule has 0 atom stereocenters. The number of aromatic nitrogens is 6. The second kappa shape index (κ2) is 9.94. The van der Waals surface area contributed by atoms with Crippen molar-refractivity contribution in [1.82, 2.24) is 29.9 Å². The lowest BCUT2D eigenvalue weighted by Crippen LogP contribution is -2.23. The summed E-state index contributed by atoms with van der Waals surface area (Å²) in [6.07, 6.45) is 5.06. The fourth-order valence-corrected chi connectivity index (χ4v) is 5.42. The zero-order valence-corrected chi connectivity index (χ0v) is 23.9. The molecular formula is C31H27N9O3. The molecule has 6 aromatic rings. The van der Waals surface area contributed by atoms with Crippen molar-refractivity contribution in [3.05, 3.63) is 94.8 Å². The molecule has 1 aliphatic rings. The Morgan fingerprint density at radius 2 is 1.91 bits per heavy atom. The van der Waals surface area contributed by atoms with E-state index >= 15 is 0 Å². The van der Waals surface area contributed by atoms with Gasteiger partial charge < -0.3 is 25.0 Å². The van der Waals surface area contributed by atoms with Crippen LogP contribution in [0.25, 0.3) is 22.2 Å². The molecule has 2 amide bonds. The van der Waals surface area contributed by atoms with Crippen LogP contribution in [0.5, 0.6) is 0 Å². The van der Waals surface area contributed by atoms with Gasteiger partial charge in [0.2, 0.25) is 5.95 Å². The van der Waals surface area contributed by atoms with Crippen LogP contribution in [0, 0.1) is 20.8 Å². The maximum Gasteiger partial charge on any atom is 0.260 e. The standard InChI is InChI=1S/C31H27N9O3/c1-16-12-33-31(36-26-11-17(2)39(4)38-26)37-27(16)22-13-32-28-19(22)7-6-10-25(28)40-15-23-20(30(40)42)8-5-9-24(23)35-29(41)21-14-34-43-18(21)3/h5-14,32H,15H2,1-4H3,(H,35,41)(H,33,36,37,38). The summed E-state index contributed by atoms with van der Waals surface area (Å²) in [5.41, 5.74) is 7.29. The number of amides is 2. The Morgan fingerprint density at radius 3 is 2.67 bits per heavy atom. The number of H-pyrrole nitrogens is 1. The minimum Gasteiger partial charge on any atom is -0.361 e. The third-order valence-electron chi connectivity index (χ3n) is 7.78. The number of para-hydroxylation sites is 1. The number of carbonyl (C=O) groups excluding carboxylic acids is 2. The average molecular weight is 574 g/mol. The van der Waals surface area contributed by atoms with E-state index < -0.39 is 0 Å². The predicted molar refractivity (Wildman–Crippen MR) is 161 cm³/mol. The summed E-state index contributed by atoms with van der Waals surface area (Å²) in [6.45, 7) is 5.91. The molecule has 43 heavy (non-hydrogen) atoms. The molecule has 0 spiro atoms. The zero-order valence-electron chi connectivity index (χ0n) is 23.9. The summed E-state index contributed by atoms with van der Waals surface area (Å²) in [5, 5.41) is 15.2. The van der Waals surface area contributed by atoms with Gasteiger partial charge in [-0.3, -0.25) is 14.3 Å². The molecule has 2 aromatic carbocycles. The van der Waals surface area contributed by atoms with Gasteiger partial charge >= 0.3 is 0 Å². The highest BCUT2D eigenvalue weighted by Gasteiger charge is 2.32. The number of hydrogen-bond donors (Lipinski definition) is 3. The van der Waals surface area contributed by atoms with Gasteiger partial charge in [0.25, 0.3) is 11.8 Å². The number of aryl methyl sites for hydroxylation is 4. The average Bonchev–Trinajstić information content (AvgIpc) is 3.76. The molecular weight excluding hydrogens is 546 g/mol. The van der Waals surface area contributed by atoms with Crippen LogP contribution in [-0.4, -0.2) is 41.7 Å². The first kappa shape index (κ1) is 26.1. The van der Waals surface area contributed by atoms with Gasteiger partial charge in [-0.05, 0) is 44.5 Å². The minimum atomic E-state index is -0.346. The van der Waals surface area contributed by atoms with Crippen LogP contribution in [0.15, 0.2) is 65.6 Å². The zero-order chi connectivity index (χ0) is 29.8. The Morgan fingerprint density at radius 1 is 1.07 bits per heavy atom. The highest BCUT2D eigenvalue weighted by molar-refractivity contribution is 6.16. The fraction of sp³-hybridized carbons (Fsp3) is 0.161. The Labute approximate surface area is 245 Å². The molecule has 0 radical (unpaired) electrons. The van der Waals surface area contributed by atoms with Crippen LogP contribution < -0.4 is 15.5 Å². The maximum atomic E-state index is 13.7. The molecule has 0 saturated heterocycles. The molecule has 3 N–H and O–H groups in total. The van der Waals surface area contributed by atoms with Crippen molar-refractivity contribution in [2.45, 2.75) is 27.3 Å². The number of anilines is 4. The number of aromatic amines is 1. The summed E-state index contributed by atoms with van der Waals surface area (Å²) in [5.74, 6) is 1.03. The summed E-state index contributed by atoms with van der Waals surface area (Å²) in [7, 11) is 1.88. The van der Waals surface area contributed by atoms with E-state index in [1.165, 1.54) is 6.20 Å². The number of benzene rings is 2. The lowest BCUT2D eigenvalue weighted by atomic mass is 10.1. The largest absolute Gasteiger partial charge is 0.361 e. The van der Waals surface area contributed by atoms with Gasteiger partial charge in [0, 0.05) is 59.0 Å². The van der Waals surface area contributed by atoms with Crippen molar-refractivity contribution < 1.29 is 14.1 Å². The number of fused-ring (bicyclic) bond motifs is 2. The molecule has 12 nitrogen and oxygen atoms in total. The van der Waals surface area contributed by atoms with Crippen LogP contribution in [-0.2, 0) is 13.6 Å². The first-order chi connectivity index (χ1) is 20.8. The smallest absolute Gasteiger partial charge is 0.260 e. The Balaban J connectivity index is 1.21. The fourth-order valence-electron chi connectivity index (χ4n) is 5.42. The van der Waals surface area contributed by atoms with Crippen LogP contribution in [0.2, 0.25) is 0 Å². The van der Waals surface area contributed by atoms with Gasteiger partial charge in [-0.15, -0.1) is 0 Å². The van der Waals surface area contributed by atoms with Gasteiger partial charge in [0.1, 0.15) is 11.3 Å². The minimum absolute atomic E-state index is 0.147. The number of rotatable bonds is 6. The van der Waals surface area contributed by atoms with Gasteiger partial charge in [-0.25, -0.2) is 9.97 Å². The number of nitrogens with one attached hydrogen (secondary N) is 3. The van der Waals surface area contributed by atoms with E-state index in [9.17, 15) is 9.59 Å². The summed E-state index contributed by atoms with van der Waals surface area (Å²) in [6, 6.07) is 13.1. The molecule has 214 valence electrons.